The van der Waals surface area contributed by atoms with Gasteiger partial charge < -0.3 is 14.8 Å². The molecule has 1 aliphatic heterocycles. The number of pyridine rings is 1. The Bertz CT molecular complexity index is 408. The fourth-order valence-electron chi connectivity index (χ4n) is 2.03. The summed E-state index contributed by atoms with van der Waals surface area (Å²) in [6.07, 6.45) is 5.14. The lowest BCUT2D eigenvalue weighted by atomic mass is 10.3. The van der Waals surface area contributed by atoms with Gasteiger partial charge in [0.1, 0.15) is 12.7 Å². The van der Waals surface area contributed by atoms with E-state index in [9.17, 15) is 5.11 Å². The first-order valence-electron chi connectivity index (χ1n) is 6.42. The summed E-state index contributed by atoms with van der Waals surface area (Å²) < 4.78 is 0. The van der Waals surface area contributed by atoms with Gasteiger partial charge in [-0.15, -0.1) is 0 Å². The van der Waals surface area contributed by atoms with Crippen molar-refractivity contribution in [2.75, 3.05) is 26.2 Å². The number of rotatable bonds is 6. The second-order valence-electron chi connectivity index (χ2n) is 4.58. The van der Waals surface area contributed by atoms with Crippen molar-refractivity contribution in [1.29, 1.82) is 0 Å². The quantitative estimate of drug-likeness (QED) is 0.634. The Morgan fingerprint density at radius 2 is 2.32 bits per heavy atom. The van der Waals surface area contributed by atoms with Crippen molar-refractivity contribution in [3.63, 3.8) is 0 Å². The number of aliphatic hydroxyl groups is 1. The molecular weight excluding hydrogens is 266 g/mol. The van der Waals surface area contributed by atoms with E-state index in [1.165, 1.54) is 12.8 Å². The Balaban J connectivity index is 1.72. The summed E-state index contributed by atoms with van der Waals surface area (Å²) in [7, 11) is 0. The van der Waals surface area contributed by atoms with Gasteiger partial charge >= 0.3 is 0 Å². The predicted molar refractivity (Wildman–Crippen MR) is 74.3 cm³/mol. The van der Waals surface area contributed by atoms with Crippen LogP contribution in [0.4, 0.5) is 0 Å². The molecule has 0 aromatic carbocycles. The van der Waals surface area contributed by atoms with Crippen LogP contribution in [0.25, 0.3) is 0 Å². The number of oxime groups is 1. The Morgan fingerprint density at radius 3 is 3.00 bits per heavy atom. The first-order chi connectivity index (χ1) is 9.25. The van der Waals surface area contributed by atoms with Crippen molar-refractivity contribution in [2.45, 2.75) is 18.9 Å². The van der Waals surface area contributed by atoms with E-state index in [1.54, 1.807) is 24.5 Å². The number of likely N-dealkylation sites (tertiary alicyclic amines) is 1. The molecule has 1 fully saturated rings. The van der Waals surface area contributed by atoms with Gasteiger partial charge in [-0.1, -0.05) is 16.8 Å². The number of hydrogen-bond donors (Lipinski definition) is 1. The minimum absolute atomic E-state index is 0.146. The van der Waals surface area contributed by atoms with Crippen LogP contribution in [-0.4, -0.2) is 52.5 Å². The molecule has 1 saturated heterocycles. The van der Waals surface area contributed by atoms with Crippen molar-refractivity contribution < 1.29 is 9.94 Å². The zero-order valence-electron chi connectivity index (χ0n) is 10.7. The standard InChI is InChI=1S/C13H18ClN3O2/c14-13(11-4-3-5-15-8-11)16-19-10-12(18)9-17-6-1-2-7-17/h3-5,8,12,18H,1-2,6-7,9-10H2/b16-13-. The van der Waals surface area contributed by atoms with Gasteiger partial charge in [0.15, 0.2) is 5.17 Å². The van der Waals surface area contributed by atoms with Crippen molar-refractivity contribution in [1.82, 2.24) is 9.88 Å². The Kier molecular flexibility index (Phi) is 5.57. The van der Waals surface area contributed by atoms with Gasteiger partial charge in [-0.05, 0) is 38.1 Å². The molecule has 1 unspecified atom stereocenters. The second-order valence-corrected chi connectivity index (χ2v) is 4.94. The predicted octanol–water partition coefficient (Wildman–Crippen LogP) is 1.46. The van der Waals surface area contributed by atoms with E-state index >= 15 is 0 Å². The van der Waals surface area contributed by atoms with Crippen LogP contribution in [0.15, 0.2) is 29.7 Å². The number of nitrogens with zero attached hydrogens (tertiary/aromatic N) is 3. The third-order valence-electron chi connectivity index (χ3n) is 2.98. The largest absolute Gasteiger partial charge is 0.392 e. The third-order valence-corrected chi connectivity index (χ3v) is 3.27. The average Bonchev–Trinajstić information content (AvgIpc) is 2.92. The van der Waals surface area contributed by atoms with Gasteiger partial charge in [0.05, 0.1) is 0 Å². The van der Waals surface area contributed by atoms with Crippen LogP contribution >= 0.6 is 11.6 Å². The highest BCUT2D eigenvalue weighted by Gasteiger charge is 2.16. The molecule has 1 aliphatic rings. The molecule has 0 spiro atoms. The molecule has 19 heavy (non-hydrogen) atoms. The van der Waals surface area contributed by atoms with Gasteiger partial charge in [-0.3, -0.25) is 4.98 Å². The van der Waals surface area contributed by atoms with Crippen LogP contribution in [0.1, 0.15) is 18.4 Å². The van der Waals surface area contributed by atoms with E-state index in [-0.39, 0.29) is 11.8 Å². The lowest BCUT2D eigenvalue weighted by molar-refractivity contribution is 0.0233. The molecule has 0 radical (unpaired) electrons. The van der Waals surface area contributed by atoms with Gasteiger partial charge in [-0.2, -0.15) is 0 Å². The van der Waals surface area contributed by atoms with Crippen LogP contribution < -0.4 is 0 Å². The van der Waals surface area contributed by atoms with E-state index in [0.717, 1.165) is 13.1 Å². The molecule has 104 valence electrons. The Labute approximate surface area is 117 Å². The lowest BCUT2D eigenvalue weighted by Crippen LogP contribution is -2.32. The monoisotopic (exact) mass is 283 g/mol. The van der Waals surface area contributed by atoms with Gasteiger partial charge in [0.25, 0.3) is 0 Å². The highest BCUT2D eigenvalue weighted by atomic mass is 35.5. The van der Waals surface area contributed by atoms with Gasteiger partial charge in [0.2, 0.25) is 0 Å². The molecule has 1 atom stereocenters. The van der Waals surface area contributed by atoms with E-state index in [2.05, 4.69) is 15.0 Å². The normalized spacial score (nSPS) is 18.5. The van der Waals surface area contributed by atoms with Gasteiger partial charge in [0, 0.05) is 24.5 Å². The molecule has 0 aliphatic carbocycles. The molecule has 2 rings (SSSR count). The maximum Gasteiger partial charge on any atom is 0.177 e. The molecule has 6 heteroatoms. The molecule has 2 heterocycles. The maximum absolute atomic E-state index is 9.80. The maximum atomic E-state index is 9.80. The van der Waals surface area contributed by atoms with Gasteiger partial charge in [-0.25, -0.2) is 0 Å². The van der Waals surface area contributed by atoms with E-state index < -0.39 is 6.10 Å². The highest BCUT2D eigenvalue weighted by molar-refractivity contribution is 6.69. The minimum atomic E-state index is -0.541. The van der Waals surface area contributed by atoms with E-state index in [1.807, 2.05) is 0 Å². The van der Waals surface area contributed by atoms with Crippen LogP contribution in [-0.2, 0) is 4.84 Å². The summed E-state index contributed by atoms with van der Waals surface area (Å²) in [5.74, 6) is 0. The first kappa shape index (κ1) is 14.2. The number of aliphatic hydroxyl groups excluding tert-OH is 1. The summed E-state index contributed by atoms with van der Waals surface area (Å²) in [6, 6.07) is 3.57. The van der Waals surface area contributed by atoms with Crippen LogP contribution in [0, 0.1) is 0 Å². The lowest BCUT2D eigenvalue weighted by Gasteiger charge is -2.18. The third kappa shape index (κ3) is 4.78. The SMILES string of the molecule is OC(CO/N=C(\Cl)c1cccnc1)CN1CCCC1. The molecule has 5 nitrogen and oxygen atoms in total. The molecule has 1 N–H and O–H groups in total. The number of β-amino-alcohol motifs (C(OH)–C–C–N with tert-alkyl or cyclic N) is 1. The molecular formula is C13H18ClN3O2. The van der Waals surface area contributed by atoms with Crippen molar-refractivity contribution in [3.05, 3.63) is 30.1 Å². The summed E-state index contributed by atoms with van der Waals surface area (Å²) in [6.45, 7) is 2.88. The van der Waals surface area contributed by atoms with Crippen molar-refractivity contribution in [3.8, 4) is 0 Å². The van der Waals surface area contributed by atoms with Crippen molar-refractivity contribution in [2.24, 2.45) is 5.16 Å². The summed E-state index contributed by atoms with van der Waals surface area (Å²) in [5.41, 5.74) is 0.693. The molecule has 1 aromatic heterocycles. The molecule has 1 aromatic rings. The first-order valence-corrected chi connectivity index (χ1v) is 6.80. The Hall–Kier alpha value is -1.17. The number of hydrogen-bond acceptors (Lipinski definition) is 5. The Morgan fingerprint density at radius 1 is 1.53 bits per heavy atom. The highest BCUT2D eigenvalue weighted by Crippen LogP contribution is 2.08. The number of halogens is 1. The minimum Gasteiger partial charge on any atom is -0.392 e. The number of aromatic nitrogens is 1. The van der Waals surface area contributed by atoms with Crippen LogP contribution in [0.2, 0.25) is 0 Å². The summed E-state index contributed by atoms with van der Waals surface area (Å²) in [5, 5.41) is 13.8. The summed E-state index contributed by atoms with van der Waals surface area (Å²) >= 11 is 5.95. The van der Waals surface area contributed by atoms with Crippen LogP contribution in [0.5, 0.6) is 0 Å². The fourth-order valence-corrected chi connectivity index (χ4v) is 2.19. The molecule has 0 amide bonds. The van der Waals surface area contributed by atoms with E-state index in [0.29, 0.717) is 12.1 Å². The average molecular weight is 284 g/mol. The zero-order chi connectivity index (χ0) is 13.5. The molecule has 0 saturated carbocycles. The smallest absolute Gasteiger partial charge is 0.177 e. The van der Waals surface area contributed by atoms with E-state index in [4.69, 9.17) is 16.4 Å². The molecule has 0 bridgehead atoms. The fraction of sp³-hybridized carbons (Fsp3) is 0.538. The zero-order valence-corrected chi connectivity index (χ0v) is 11.5. The second kappa shape index (κ2) is 7.43. The summed E-state index contributed by atoms with van der Waals surface area (Å²) in [4.78, 5) is 11.2. The van der Waals surface area contributed by atoms with Crippen molar-refractivity contribution >= 4 is 16.8 Å². The van der Waals surface area contributed by atoms with Crippen LogP contribution in [0.3, 0.4) is 0 Å². The topological polar surface area (TPSA) is 58.0 Å².